The predicted molar refractivity (Wildman–Crippen MR) is 124 cm³/mol. The average Bonchev–Trinajstić information content (AvgIpc) is 3.50. The van der Waals surface area contributed by atoms with Crippen molar-refractivity contribution in [3.63, 3.8) is 0 Å². The molecule has 0 fully saturated rings. The highest BCUT2D eigenvalue weighted by Crippen LogP contribution is 2.31. The Bertz CT molecular complexity index is 1570. The molecule has 2 aromatic carbocycles. The van der Waals surface area contributed by atoms with Crippen LogP contribution in [0.4, 0.5) is 27.4 Å². The van der Waals surface area contributed by atoms with E-state index >= 15 is 0 Å². The fourth-order valence-corrected chi connectivity index (χ4v) is 3.20. The maximum atomic E-state index is 13.2. The molecule has 0 saturated carbocycles. The van der Waals surface area contributed by atoms with Crippen LogP contribution >= 0.6 is 11.6 Å². The molecular formula is C21H12ClFN8O4. The number of hydrogen-bond donors (Lipinski definition) is 2. The van der Waals surface area contributed by atoms with Gasteiger partial charge >= 0.3 is 0 Å². The number of halogens is 2. The first-order valence-corrected chi connectivity index (χ1v) is 10.2. The van der Waals surface area contributed by atoms with Crippen LogP contribution in [0.15, 0.2) is 68.7 Å². The number of nitro groups is 1. The number of aromatic nitrogens is 4. The second-order valence-electron chi connectivity index (χ2n) is 6.96. The Kier molecular flexibility index (Phi) is 5.73. The van der Waals surface area contributed by atoms with E-state index in [-0.39, 0.29) is 39.5 Å². The molecule has 5 aromatic rings. The van der Waals surface area contributed by atoms with Gasteiger partial charge in [0, 0.05) is 17.3 Å². The van der Waals surface area contributed by atoms with Gasteiger partial charge in [0.1, 0.15) is 22.4 Å². The van der Waals surface area contributed by atoms with E-state index in [0.717, 1.165) is 0 Å². The quantitative estimate of drug-likeness (QED) is 0.176. The molecule has 0 saturated heterocycles. The molecule has 0 aliphatic carbocycles. The summed E-state index contributed by atoms with van der Waals surface area (Å²) >= 11 is 5.86. The standard InChI is InChI=1S/C21H12ClFN8O4/c22-15-7-1-11(9-16(15)31(32)33)17-8-6-14(34-17)10-24-28-19-18(25-13-4-2-12(23)3-5-13)26-20-21(27-19)30-35-29-20/h1-10H,(H,25,26,29)(H,27,28,30)/b24-10-. The summed E-state index contributed by atoms with van der Waals surface area (Å²) in [6, 6.07) is 13.3. The normalized spacial score (nSPS) is 11.3. The second kappa shape index (κ2) is 9.15. The molecule has 0 atom stereocenters. The van der Waals surface area contributed by atoms with Gasteiger partial charge in [-0.05, 0) is 58.8 Å². The van der Waals surface area contributed by atoms with E-state index in [1.807, 2.05) is 0 Å². The first-order valence-electron chi connectivity index (χ1n) is 9.82. The van der Waals surface area contributed by atoms with Crippen LogP contribution in [-0.4, -0.2) is 31.4 Å². The van der Waals surface area contributed by atoms with Gasteiger partial charge in [-0.1, -0.05) is 11.6 Å². The van der Waals surface area contributed by atoms with Crippen LogP contribution in [-0.2, 0) is 0 Å². The van der Waals surface area contributed by atoms with Crippen molar-refractivity contribution in [2.75, 3.05) is 10.7 Å². The van der Waals surface area contributed by atoms with Gasteiger partial charge in [-0.3, -0.25) is 15.5 Å². The summed E-state index contributed by atoms with van der Waals surface area (Å²) in [5.74, 6) is 0.793. The lowest BCUT2D eigenvalue weighted by molar-refractivity contribution is -0.384. The van der Waals surface area contributed by atoms with Crippen molar-refractivity contribution >= 4 is 52.1 Å². The molecular weight excluding hydrogens is 483 g/mol. The van der Waals surface area contributed by atoms with Crippen LogP contribution in [0, 0.1) is 15.9 Å². The van der Waals surface area contributed by atoms with Crippen molar-refractivity contribution in [1.29, 1.82) is 0 Å². The van der Waals surface area contributed by atoms with E-state index in [1.54, 1.807) is 18.2 Å². The minimum absolute atomic E-state index is 0.0294. The number of hydrazone groups is 1. The van der Waals surface area contributed by atoms with E-state index in [0.29, 0.717) is 22.8 Å². The Balaban J connectivity index is 1.37. The van der Waals surface area contributed by atoms with E-state index in [2.05, 4.69) is 40.8 Å². The Labute approximate surface area is 199 Å². The van der Waals surface area contributed by atoms with Crippen molar-refractivity contribution < 1.29 is 18.4 Å². The molecule has 2 N–H and O–H groups in total. The first kappa shape index (κ1) is 21.9. The zero-order valence-electron chi connectivity index (χ0n) is 17.3. The number of hydrogen-bond acceptors (Lipinski definition) is 11. The zero-order valence-corrected chi connectivity index (χ0v) is 18.1. The number of furan rings is 1. The number of nitrogens with one attached hydrogen (secondary N) is 2. The molecule has 3 heterocycles. The summed E-state index contributed by atoms with van der Waals surface area (Å²) in [6.07, 6.45) is 1.38. The third-order valence-corrected chi connectivity index (χ3v) is 4.96. The van der Waals surface area contributed by atoms with Gasteiger partial charge in [-0.15, -0.1) is 0 Å². The van der Waals surface area contributed by atoms with Gasteiger partial charge < -0.3 is 9.73 Å². The minimum Gasteiger partial charge on any atom is -0.455 e. The lowest BCUT2D eigenvalue weighted by Crippen LogP contribution is -2.03. The van der Waals surface area contributed by atoms with Crippen LogP contribution in [0.1, 0.15) is 5.76 Å². The van der Waals surface area contributed by atoms with Crippen molar-refractivity contribution in [2.24, 2.45) is 5.10 Å². The molecule has 0 aliphatic rings. The number of nitrogens with zero attached hydrogens (tertiary/aromatic N) is 6. The number of nitro benzene ring substituents is 1. The molecule has 12 nitrogen and oxygen atoms in total. The molecule has 3 aromatic heterocycles. The average molecular weight is 495 g/mol. The first-order chi connectivity index (χ1) is 17.0. The van der Waals surface area contributed by atoms with Gasteiger partial charge in [-0.2, -0.15) is 10.1 Å². The van der Waals surface area contributed by atoms with E-state index < -0.39 is 4.92 Å². The van der Waals surface area contributed by atoms with Gasteiger partial charge in [0.2, 0.25) is 11.3 Å². The molecule has 0 aliphatic heterocycles. The number of fused-ring (bicyclic) bond motifs is 1. The van der Waals surface area contributed by atoms with Crippen molar-refractivity contribution in [3.8, 4) is 11.3 Å². The van der Waals surface area contributed by atoms with Crippen LogP contribution in [0.25, 0.3) is 22.6 Å². The molecule has 0 bridgehead atoms. The van der Waals surface area contributed by atoms with Gasteiger partial charge in [0.15, 0.2) is 11.6 Å². The topological polar surface area (TPSA) is 157 Å². The van der Waals surface area contributed by atoms with Crippen LogP contribution in [0.5, 0.6) is 0 Å². The minimum atomic E-state index is -0.569. The van der Waals surface area contributed by atoms with Gasteiger partial charge in [0.25, 0.3) is 5.69 Å². The van der Waals surface area contributed by atoms with Gasteiger partial charge in [0.05, 0.1) is 11.1 Å². The van der Waals surface area contributed by atoms with Crippen molar-refractivity contribution in [2.45, 2.75) is 0 Å². The summed E-state index contributed by atoms with van der Waals surface area (Å²) in [7, 11) is 0. The summed E-state index contributed by atoms with van der Waals surface area (Å²) in [6.45, 7) is 0. The number of rotatable bonds is 7. The molecule has 0 spiro atoms. The molecule has 0 radical (unpaired) electrons. The second-order valence-corrected chi connectivity index (χ2v) is 7.37. The molecule has 174 valence electrons. The van der Waals surface area contributed by atoms with Crippen molar-refractivity contribution in [3.05, 3.63) is 81.3 Å². The number of benzene rings is 2. The monoisotopic (exact) mass is 494 g/mol. The van der Waals surface area contributed by atoms with Crippen LogP contribution < -0.4 is 10.7 Å². The lowest BCUT2D eigenvalue weighted by Gasteiger charge is -2.09. The highest BCUT2D eigenvalue weighted by Gasteiger charge is 2.16. The lowest BCUT2D eigenvalue weighted by atomic mass is 10.1. The van der Waals surface area contributed by atoms with Gasteiger partial charge in [-0.25, -0.2) is 14.0 Å². The molecule has 14 heteroatoms. The fourth-order valence-electron chi connectivity index (χ4n) is 3.01. The fraction of sp³-hybridized carbons (Fsp3) is 0. The highest BCUT2D eigenvalue weighted by molar-refractivity contribution is 6.32. The van der Waals surface area contributed by atoms with E-state index in [4.69, 9.17) is 16.0 Å². The molecule has 0 unspecified atom stereocenters. The SMILES string of the molecule is O=[N+]([O-])c1cc(-c2ccc(/C=N\Nc3nc4nonc4nc3Nc3ccc(F)cc3)o2)ccc1Cl. The molecule has 5 rings (SSSR count). The van der Waals surface area contributed by atoms with Crippen LogP contribution in [0.2, 0.25) is 5.02 Å². The third kappa shape index (κ3) is 4.74. The Morgan fingerprint density at radius 3 is 2.51 bits per heavy atom. The molecule has 35 heavy (non-hydrogen) atoms. The zero-order chi connectivity index (χ0) is 24.4. The maximum Gasteiger partial charge on any atom is 0.288 e. The number of anilines is 3. The van der Waals surface area contributed by atoms with Crippen molar-refractivity contribution in [1.82, 2.24) is 20.3 Å². The summed E-state index contributed by atoms with van der Waals surface area (Å²) < 4.78 is 23.6. The Morgan fingerprint density at radius 2 is 1.77 bits per heavy atom. The highest BCUT2D eigenvalue weighted by atomic mass is 35.5. The summed E-state index contributed by atoms with van der Waals surface area (Å²) in [4.78, 5) is 19.1. The summed E-state index contributed by atoms with van der Waals surface area (Å²) in [5.41, 5.74) is 3.86. The smallest absolute Gasteiger partial charge is 0.288 e. The largest absolute Gasteiger partial charge is 0.455 e. The maximum absolute atomic E-state index is 13.2. The Hall–Kier alpha value is -4.91. The van der Waals surface area contributed by atoms with E-state index in [1.165, 1.54) is 42.6 Å². The summed E-state index contributed by atoms with van der Waals surface area (Å²) in [5, 5.41) is 25.6. The predicted octanol–water partition coefficient (Wildman–Crippen LogP) is 5.16. The van der Waals surface area contributed by atoms with Crippen LogP contribution in [0.3, 0.4) is 0 Å². The molecule has 0 amide bonds. The third-order valence-electron chi connectivity index (χ3n) is 4.64. The Morgan fingerprint density at radius 1 is 1.03 bits per heavy atom. The van der Waals surface area contributed by atoms with E-state index in [9.17, 15) is 14.5 Å².